The highest BCUT2D eigenvalue weighted by Crippen LogP contribution is 2.11. The van der Waals surface area contributed by atoms with E-state index in [1.54, 1.807) is 29.2 Å². The predicted molar refractivity (Wildman–Crippen MR) is 98.4 cm³/mol. The smallest absolute Gasteiger partial charge is 0.329 e. The molecule has 0 atom stereocenters. The van der Waals surface area contributed by atoms with Crippen molar-refractivity contribution >= 4 is 23.9 Å². The van der Waals surface area contributed by atoms with E-state index in [2.05, 4.69) is 15.8 Å². The molecule has 0 aliphatic carbocycles. The molecule has 1 aromatic rings. The number of hydrogen-bond acceptors (Lipinski definition) is 6. The average Bonchev–Trinajstić information content (AvgIpc) is 2.71. The second-order valence-corrected chi connectivity index (χ2v) is 5.81. The lowest BCUT2D eigenvalue weighted by Gasteiger charge is -2.26. The number of morpholine rings is 1. The monoisotopic (exact) mass is 376 g/mol. The van der Waals surface area contributed by atoms with Gasteiger partial charge in [-0.25, -0.2) is 5.43 Å². The van der Waals surface area contributed by atoms with Gasteiger partial charge in [0, 0.05) is 19.6 Å². The van der Waals surface area contributed by atoms with E-state index in [0.717, 1.165) is 6.42 Å². The zero-order chi connectivity index (χ0) is 19.5. The van der Waals surface area contributed by atoms with E-state index in [-0.39, 0.29) is 12.5 Å². The second kappa shape index (κ2) is 10.9. The first-order valence-electron chi connectivity index (χ1n) is 8.79. The summed E-state index contributed by atoms with van der Waals surface area (Å²) in [4.78, 5) is 36.6. The van der Waals surface area contributed by atoms with Crippen molar-refractivity contribution in [2.24, 2.45) is 5.10 Å². The standard InChI is InChI=1S/C18H24N4O5/c1-2-7-19-17(24)18(25)21-20-12-14-3-5-15(6-4-14)27-13-16(23)22-8-10-26-11-9-22/h3-6,12H,2,7-11,13H2,1H3,(H,19,24)(H,21,25)/b20-12-. The van der Waals surface area contributed by atoms with E-state index >= 15 is 0 Å². The van der Waals surface area contributed by atoms with Crippen LogP contribution in [0.5, 0.6) is 5.75 Å². The minimum Gasteiger partial charge on any atom is -0.484 e. The Morgan fingerprint density at radius 2 is 1.89 bits per heavy atom. The molecule has 1 saturated heterocycles. The van der Waals surface area contributed by atoms with Gasteiger partial charge in [0.2, 0.25) is 0 Å². The van der Waals surface area contributed by atoms with Crippen molar-refractivity contribution < 1.29 is 23.9 Å². The molecule has 3 amide bonds. The Balaban J connectivity index is 1.74. The molecule has 9 heteroatoms. The molecule has 0 spiro atoms. The minimum absolute atomic E-state index is 0.0314. The van der Waals surface area contributed by atoms with Crippen LogP contribution in [-0.2, 0) is 19.1 Å². The van der Waals surface area contributed by atoms with Crippen molar-refractivity contribution in [3.8, 4) is 5.75 Å². The van der Waals surface area contributed by atoms with Gasteiger partial charge in [0.05, 0.1) is 19.4 Å². The molecule has 0 aromatic heterocycles. The van der Waals surface area contributed by atoms with Crippen LogP contribution in [0.2, 0.25) is 0 Å². The molecule has 1 aliphatic heterocycles. The molecule has 27 heavy (non-hydrogen) atoms. The van der Waals surface area contributed by atoms with Crippen molar-refractivity contribution in [2.75, 3.05) is 39.5 Å². The quantitative estimate of drug-likeness (QED) is 0.392. The van der Waals surface area contributed by atoms with Gasteiger partial charge < -0.3 is 19.7 Å². The Morgan fingerprint density at radius 3 is 2.56 bits per heavy atom. The maximum Gasteiger partial charge on any atom is 0.329 e. The molecule has 0 saturated carbocycles. The van der Waals surface area contributed by atoms with E-state index in [9.17, 15) is 14.4 Å². The van der Waals surface area contributed by atoms with Gasteiger partial charge in [0.25, 0.3) is 5.91 Å². The van der Waals surface area contributed by atoms with Crippen molar-refractivity contribution in [3.05, 3.63) is 29.8 Å². The highest BCUT2D eigenvalue weighted by molar-refractivity contribution is 6.35. The molecule has 2 rings (SSSR count). The summed E-state index contributed by atoms with van der Waals surface area (Å²) in [5.74, 6) is -1.06. The van der Waals surface area contributed by atoms with Gasteiger partial charge in [-0.2, -0.15) is 5.10 Å². The zero-order valence-corrected chi connectivity index (χ0v) is 15.3. The van der Waals surface area contributed by atoms with Crippen LogP contribution in [0.4, 0.5) is 0 Å². The van der Waals surface area contributed by atoms with Gasteiger partial charge >= 0.3 is 11.8 Å². The second-order valence-electron chi connectivity index (χ2n) is 5.81. The van der Waals surface area contributed by atoms with Crippen molar-refractivity contribution in [1.29, 1.82) is 0 Å². The summed E-state index contributed by atoms with van der Waals surface area (Å²) >= 11 is 0. The maximum atomic E-state index is 12.0. The number of hydrazone groups is 1. The highest BCUT2D eigenvalue weighted by Gasteiger charge is 2.17. The van der Waals surface area contributed by atoms with Gasteiger partial charge in [0.1, 0.15) is 5.75 Å². The van der Waals surface area contributed by atoms with E-state index in [0.29, 0.717) is 44.2 Å². The molecule has 1 heterocycles. The normalized spacial score (nSPS) is 14.0. The van der Waals surface area contributed by atoms with Crippen LogP contribution >= 0.6 is 0 Å². The van der Waals surface area contributed by atoms with E-state index in [1.165, 1.54) is 6.21 Å². The Kier molecular flexibility index (Phi) is 8.24. The molecule has 0 radical (unpaired) electrons. The molecule has 0 bridgehead atoms. The number of ether oxygens (including phenoxy) is 2. The fourth-order valence-corrected chi connectivity index (χ4v) is 2.23. The van der Waals surface area contributed by atoms with E-state index < -0.39 is 11.8 Å². The minimum atomic E-state index is -0.818. The molecular weight excluding hydrogens is 352 g/mol. The summed E-state index contributed by atoms with van der Waals surface area (Å²) in [5.41, 5.74) is 2.86. The summed E-state index contributed by atoms with van der Waals surface area (Å²) in [6.45, 7) is 4.57. The number of carbonyl (C=O) groups is 3. The SMILES string of the molecule is CCCNC(=O)C(=O)N/N=C\c1ccc(OCC(=O)N2CCOCC2)cc1. The number of hydrogen-bond donors (Lipinski definition) is 2. The van der Waals surface area contributed by atoms with Crippen LogP contribution in [0.1, 0.15) is 18.9 Å². The first-order chi connectivity index (χ1) is 13.1. The topological polar surface area (TPSA) is 109 Å². The van der Waals surface area contributed by atoms with E-state index in [4.69, 9.17) is 9.47 Å². The zero-order valence-electron chi connectivity index (χ0n) is 15.3. The number of nitrogens with zero attached hydrogens (tertiary/aromatic N) is 2. The van der Waals surface area contributed by atoms with Gasteiger partial charge in [-0.3, -0.25) is 14.4 Å². The predicted octanol–water partition coefficient (Wildman–Crippen LogP) is -0.0995. The number of carbonyl (C=O) groups excluding carboxylic acids is 3. The van der Waals surface area contributed by atoms with Crippen LogP contribution in [-0.4, -0.2) is 68.3 Å². The Labute approximate surface area is 157 Å². The summed E-state index contributed by atoms with van der Waals surface area (Å²) in [6, 6.07) is 6.84. The third-order valence-corrected chi connectivity index (χ3v) is 3.73. The lowest BCUT2D eigenvalue weighted by Crippen LogP contribution is -2.42. The molecule has 2 N–H and O–H groups in total. The van der Waals surface area contributed by atoms with Crippen LogP contribution < -0.4 is 15.5 Å². The largest absolute Gasteiger partial charge is 0.484 e. The highest BCUT2D eigenvalue weighted by atomic mass is 16.5. The fraction of sp³-hybridized carbons (Fsp3) is 0.444. The molecule has 9 nitrogen and oxygen atoms in total. The summed E-state index contributed by atoms with van der Waals surface area (Å²) < 4.78 is 10.7. The van der Waals surface area contributed by atoms with Gasteiger partial charge in [-0.15, -0.1) is 0 Å². The van der Waals surface area contributed by atoms with Gasteiger partial charge in [0.15, 0.2) is 6.61 Å². The van der Waals surface area contributed by atoms with Crippen LogP contribution in [0.15, 0.2) is 29.4 Å². The van der Waals surface area contributed by atoms with Crippen LogP contribution in [0.3, 0.4) is 0 Å². The first kappa shape index (κ1) is 20.4. The van der Waals surface area contributed by atoms with Crippen LogP contribution in [0.25, 0.3) is 0 Å². The lowest BCUT2D eigenvalue weighted by atomic mass is 10.2. The Hall–Kier alpha value is -2.94. The molecule has 1 fully saturated rings. The molecule has 0 unspecified atom stereocenters. The molecular formula is C18H24N4O5. The molecule has 1 aliphatic rings. The lowest BCUT2D eigenvalue weighted by molar-refractivity contribution is -0.139. The summed E-state index contributed by atoms with van der Waals surface area (Å²) in [6.07, 6.45) is 2.16. The van der Waals surface area contributed by atoms with Crippen molar-refractivity contribution in [2.45, 2.75) is 13.3 Å². The number of rotatable bonds is 7. The number of amides is 3. The van der Waals surface area contributed by atoms with E-state index in [1.807, 2.05) is 6.92 Å². The number of nitrogens with one attached hydrogen (secondary N) is 2. The first-order valence-corrected chi connectivity index (χ1v) is 8.79. The van der Waals surface area contributed by atoms with Crippen molar-refractivity contribution in [1.82, 2.24) is 15.6 Å². The third-order valence-electron chi connectivity index (χ3n) is 3.73. The summed E-state index contributed by atoms with van der Waals surface area (Å²) in [7, 11) is 0. The molecule has 1 aromatic carbocycles. The maximum absolute atomic E-state index is 12.0. The molecule has 146 valence electrons. The van der Waals surface area contributed by atoms with Gasteiger partial charge in [-0.1, -0.05) is 6.92 Å². The Bertz CT molecular complexity index is 669. The summed E-state index contributed by atoms with van der Waals surface area (Å²) in [5, 5.41) is 6.19. The number of benzene rings is 1. The fourth-order valence-electron chi connectivity index (χ4n) is 2.23. The third kappa shape index (κ3) is 7.06. The van der Waals surface area contributed by atoms with Crippen molar-refractivity contribution in [3.63, 3.8) is 0 Å². The van der Waals surface area contributed by atoms with Crippen LogP contribution in [0, 0.1) is 0 Å². The van der Waals surface area contributed by atoms with Gasteiger partial charge in [-0.05, 0) is 36.2 Å². The average molecular weight is 376 g/mol. The Morgan fingerprint density at radius 1 is 1.19 bits per heavy atom.